The Balaban J connectivity index is 0.00000160. The van der Waals surface area contributed by atoms with Crippen LogP contribution >= 0.6 is 24.8 Å². The summed E-state index contributed by atoms with van der Waals surface area (Å²) in [4.78, 5) is 4.78. The van der Waals surface area contributed by atoms with Crippen molar-refractivity contribution in [1.82, 2.24) is 15.1 Å². The Morgan fingerprint density at radius 1 is 1.10 bits per heavy atom. The minimum Gasteiger partial charge on any atom is -0.493 e. The molecule has 170 valence electrons. The zero-order valence-corrected chi connectivity index (χ0v) is 19.3. The molecule has 0 aliphatic carbocycles. The van der Waals surface area contributed by atoms with Crippen LogP contribution < -0.4 is 14.8 Å². The van der Waals surface area contributed by atoms with Gasteiger partial charge in [-0.25, -0.2) is 0 Å². The average molecular weight is 460 g/mol. The smallest absolute Gasteiger partial charge is 0.161 e. The highest BCUT2D eigenvalue weighted by molar-refractivity contribution is 5.85. The molecule has 2 fully saturated rings. The Morgan fingerprint density at radius 2 is 1.87 bits per heavy atom. The summed E-state index contributed by atoms with van der Waals surface area (Å²) in [5.74, 6) is 1.44. The third-order valence-electron chi connectivity index (χ3n) is 5.97. The number of likely N-dealkylation sites (tertiary alicyclic amines) is 1. The van der Waals surface area contributed by atoms with Crippen molar-refractivity contribution < 1.29 is 14.6 Å². The molecule has 3 atom stereocenters. The number of β-amino-alcohol motifs (C(OH)–C–C–N with tert-alkyl or cyclic N) is 1. The largest absolute Gasteiger partial charge is 0.493 e. The van der Waals surface area contributed by atoms with Crippen LogP contribution in [0.1, 0.15) is 24.8 Å². The van der Waals surface area contributed by atoms with Gasteiger partial charge < -0.3 is 19.9 Å². The Labute approximate surface area is 192 Å². The Hall–Kier alpha value is -1.02. The molecule has 0 aromatic heterocycles. The summed E-state index contributed by atoms with van der Waals surface area (Å²) in [5, 5.41) is 14.0. The van der Waals surface area contributed by atoms with Crippen LogP contribution in [0.2, 0.25) is 0 Å². The number of piperazine rings is 1. The summed E-state index contributed by atoms with van der Waals surface area (Å²) in [5.41, 5.74) is 1.24. The standard InChI is InChI=1S/C22H33N3O3.2ClH/c1-27-22-11-17(12-25-13-18-6-7-19(14-25)23-18)5-8-21(22)28-16-20(26)15-24-9-3-2-4-10-24;;/h2-3,5,8,11,18-20,23,26H,4,6-7,9-10,12-16H2,1H3;2*1H/t18-,19+,20?;;. The van der Waals surface area contributed by atoms with Crippen LogP contribution in [0.5, 0.6) is 11.5 Å². The number of aliphatic hydroxyl groups is 1. The lowest BCUT2D eigenvalue weighted by atomic mass is 10.1. The number of halogens is 2. The van der Waals surface area contributed by atoms with Gasteiger partial charge in [0.2, 0.25) is 0 Å². The number of benzene rings is 1. The van der Waals surface area contributed by atoms with Crippen LogP contribution in [-0.4, -0.2) is 79.5 Å². The number of nitrogens with zero attached hydrogens (tertiary/aromatic N) is 2. The maximum absolute atomic E-state index is 10.3. The number of hydrogen-bond donors (Lipinski definition) is 2. The van der Waals surface area contributed by atoms with Crippen LogP contribution in [0.3, 0.4) is 0 Å². The molecule has 0 radical (unpaired) electrons. The first-order valence-corrected chi connectivity index (χ1v) is 10.5. The van der Waals surface area contributed by atoms with E-state index in [9.17, 15) is 5.11 Å². The van der Waals surface area contributed by atoms with Crippen LogP contribution in [0.15, 0.2) is 30.4 Å². The third-order valence-corrected chi connectivity index (χ3v) is 5.97. The van der Waals surface area contributed by atoms with E-state index in [2.05, 4.69) is 39.4 Å². The van der Waals surface area contributed by atoms with E-state index in [1.54, 1.807) is 7.11 Å². The number of hydrogen-bond acceptors (Lipinski definition) is 6. The minimum atomic E-state index is -0.507. The zero-order valence-electron chi connectivity index (χ0n) is 17.7. The second kappa shape index (κ2) is 12.1. The van der Waals surface area contributed by atoms with Crippen LogP contribution in [-0.2, 0) is 6.54 Å². The van der Waals surface area contributed by atoms with Gasteiger partial charge in [0.1, 0.15) is 12.7 Å². The first-order valence-electron chi connectivity index (χ1n) is 10.5. The van der Waals surface area contributed by atoms with Gasteiger partial charge in [0.25, 0.3) is 0 Å². The van der Waals surface area contributed by atoms with Crippen LogP contribution in [0.25, 0.3) is 0 Å². The summed E-state index contributed by atoms with van der Waals surface area (Å²) < 4.78 is 11.4. The van der Waals surface area contributed by atoms with Crippen molar-refractivity contribution in [2.75, 3.05) is 46.4 Å². The van der Waals surface area contributed by atoms with Crippen molar-refractivity contribution in [3.8, 4) is 11.5 Å². The summed E-state index contributed by atoms with van der Waals surface area (Å²) in [6, 6.07) is 7.46. The van der Waals surface area contributed by atoms with E-state index < -0.39 is 6.10 Å². The molecule has 30 heavy (non-hydrogen) atoms. The fourth-order valence-electron chi connectivity index (χ4n) is 4.60. The lowest BCUT2D eigenvalue weighted by molar-refractivity contribution is 0.0702. The van der Waals surface area contributed by atoms with E-state index >= 15 is 0 Å². The first-order chi connectivity index (χ1) is 13.7. The van der Waals surface area contributed by atoms with Gasteiger partial charge in [0.15, 0.2) is 11.5 Å². The lowest BCUT2D eigenvalue weighted by Gasteiger charge is -2.32. The number of ether oxygens (including phenoxy) is 2. The molecule has 6 nitrogen and oxygen atoms in total. The van der Waals surface area contributed by atoms with Crippen molar-refractivity contribution in [1.29, 1.82) is 0 Å². The number of rotatable bonds is 8. The maximum Gasteiger partial charge on any atom is 0.161 e. The van der Waals surface area contributed by atoms with E-state index in [4.69, 9.17) is 9.47 Å². The van der Waals surface area contributed by atoms with E-state index in [-0.39, 0.29) is 31.4 Å². The molecule has 0 saturated carbocycles. The minimum absolute atomic E-state index is 0. The second-order valence-electron chi connectivity index (χ2n) is 8.30. The monoisotopic (exact) mass is 459 g/mol. The fraction of sp³-hybridized carbons (Fsp3) is 0.636. The summed E-state index contributed by atoms with van der Waals surface area (Å²) in [7, 11) is 1.67. The Kier molecular flexibility index (Phi) is 10.2. The van der Waals surface area contributed by atoms with Gasteiger partial charge in [-0.15, -0.1) is 24.8 Å². The molecular formula is C22H35Cl2N3O3. The molecule has 0 amide bonds. The molecule has 2 saturated heterocycles. The van der Waals surface area contributed by atoms with Gasteiger partial charge in [0, 0.05) is 51.4 Å². The van der Waals surface area contributed by atoms with Gasteiger partial charge in [-0.3, -0.25) is 9.80 Å². The average Bonchev–Trinajstić information content (AvgIpc) is 3.05. The van der Waals surface area contributed by atoms with Crippen molar-refractivity contribution >= 4 is 24.8 Å². The number of nitrogens with one attached hydrogen (secondary N) is 1. The van der Waals surface area contributed by atoms with Gasteiger partial charge in [0.05, 0.1) is 7.11 Å². The molecule has 1 unspecified atom stereocenters. The maximum atomic E-state index is 10.3. The predicted octanol–water partition coefficient (Wildman–Crippen LogP) is 2.48. The molecule has 8 heteroatoms. The molecule has 3 aliphatic heterocycles. The summed E-state index contributed by atoms with van der Waals surface area (Å²) in [6.45, 7) is 6.00. The fourth-order valence-corrected chi connectivity index (χ4v) is 4.60. The molecule has 3 heterocycles. The first kappa shape index (κ1) is 25.2. The van der Waals surface area contributed by atoms with E-state index in [1.165, 1.54) is 18.4 Å². The van der Waals surface area contributed by atoms with E-state index in [1.807, 2.05) is 6.07 Å². The molecule has 1 aromatic rings. The lowest BCUT2D eigenvalue weighted by Crippen LogP contribution is -2.50. The molecule has 2 N–H and O–H groups in total. The topological polar surface area (TPSA) is 57.2 Å². The Bertz CT molecular complexity index is 680. The van der Waals surface area contributed by atoms with Gasteiger partial charge in [-0.05, 0) is 37.0 Å². The molecule has 3 aliphatic rings. The molecule has 2 bridgehead atoms. The van der Waals surface area contributed by atoms with Gasteiger partial charge in [-0.1, -0.05) is 18.2 Å². The summed E-state index contributed by atoms with van der Waals surface area (Å²) in [6.07, 6.45) is 7.49. The van der Waals surface area contributed by atoms with Crippen molar-refractivity contribution in [3.05, 3.63) is 35.9 Å². The molecular weight excluding hydrogens is 425 g/mol. The van der Waals surface area contributed by atoms with E-state index in [0.717, 1.165) is 44.9 Å². The summed E-state index contributed by atoms with van der Waals surface area (Å²) >= 11 is 0. The molecule has 0 spiro atoms. The zero-order chi connectivity index (χ0) is 19.3. The highest BCUT2D eigenvalue weighted by atomic mass is 35.5. The number of aliphatic hydroxyl groups excluding tert-OH is 1. The SMILES string of the molecule is COc1cc(CN2C[C@H]3CC[C@@H](C2)N3)ccc1OCC(O)CN1CC=CCC1.Cl.Cl. The van der Waals surface area contributed by atoms with Crippen molar-refractivity contribution in [3.63, 3.8) is 0 Å². The molecule has 1 aromatic carbocycles. The van der Waals surface area contributed by atoms with Crippen molar-refractivity contribution in [2.45, 2.75) is 44.0 Å². The highest BCUT2D eigenvalue weighted by Gasteiger charge is 2.31. The van der Waals surface area contributed by atoms with Gasteiger partial charge in [-0.2, -0.15) is 0 Å². The van der Waals surface area contributed by atoms with Crippen LogP contribution in [0, 0.1) is 0 Å². The second-order valence-corrected chi connectivity index (χ2v) is 8.30. The van der Waals surface area contributed by atoms with Crippen LogP contribution in [0.4, 0.5) is 0 Å². The number of methoxy groups -OCH3 is 1. The highest BCUT2D eigenvalue weighted by Crippen LogP contribution is 2.29. The Morgan fingerprint density at radius 3 is 2.53 bits per heavy atom. The predicted molar refractivity (Wildman–Crippen MR) is 124 cm³/mol. The van der Waals surface area contributed by atoms with Crippen molar-refractivity contribution in [2.24, 2.45) is 0 Å². The van der Waals surface area contributed by atoms with Gasteiger partial charge >= 0.3 is 0 Å². The number of fused-ring (bicyclic) bond motifs is 2. The normalized spacial score (nSPS) is 24.6. The van der Waals surface area contributed by atoms with E-state index in [0.29, 0.717) is 24.4 Å². The quantitative estimate of drug-likeness (QED) is 0.582. The third kappa shape index (κ3) is 6.74. The molecule has 4 rings (SSSR count).